The Balaban J connectivity index is 2.16. The lowest BCUT2D eigenvalue weighted by Crippen LogP contribution is -2.11. The van der Waals surface area contributed by atoms with Crippen molar-refractivity contribution in [3.8, 4) is 5.75 Å². The van der Waals surface area contributed by atoms with E-state index in [1.54, 1.807) is 0 Å². The van der Waals surface area contributed by atoms with Gasteiger partial charge in [0.15, 0.2) is 0 Å². The van der Waals surface area contributed by atoms with Crippen LogP contribution in [0.15, 0.2) is 12.1 Å². The highest BCUT2D eigenvalue weighted by atomic mass is 35.5. The second-order valence-corrected chi connectivity index (χ2v) is 4.24. The van der Waals surface area contributed by atoms with Crippen LogP contribution in [0.1, 0.15) is 25.7 Å². The first-order chi connectivity index (χ1) is 7.16. The van der Waals surface area contributed by atoms with Crippen molar-refractivity contribution in [3.05, 3.63) is 23.0 Å². The molecule has 0 spiro atoms. The standard InChI is InChI=1S/C11H13ClFNO/c12-8-5-9(13)10(14)6-11(8)15-7-3-1-2-4-7/h5-7H,1-4,14H2. The second-order valence-electron chi connectivity index (χ2n) is 3.83. The molecule has 1 aromatic rings. The maximum absolute atomic E-state index is 13.0. The number of hydrogen-bond acceptors (Lipinski definition) is 2. The van der Waals surface area contributed by atoms with Crippen molar-refractivity contribution < 1.29 is 9.13 Å². The molecule has 0 aliphatic heterocycles. The lowest BCUT2D eigenvalue weighted by molar-refractivity contribution is 0.210. The molecule has 0 aromatic heterocycles. The molecule has 1 saturated carbocycles. The van der Waals surface area contributed by atoms with Gasteiger partial charge in [-0.15, -0.1) is 0 Å². The Morgan fingerprint density at radius 2 is 2.00 bits per heavy atom. The third-order valence-corrected chi connectivity index (χ3v) is 2.94. The summed E-state index contributed by atoms with van der Waals surface area (Å²) < 4.78 is 18.7. The van der Waals surface area contributed by atoms with Crippen LogP contribution < -0.4 is 10.5 Å². The van der Waals surface area contributed by atoms with Crippen molar-refractivity contribution >= 4 is 17.3 Å². The molecule has 0 radical (unpaired) electrons. The molecule has 1 aromatic carbocycles. The fourth-order valence-electron chi connectivity index (χ4n) is 1.82. The number of anilines is 1. The number of nitrogens with two attached hydrogens (primary N) is 1. The van der Waals surface area contributed by atoms with E-state index < -0.39 is 5.82 Å². The van der Waals surface area contributed by atoms with E-state index in [1.165, 1.54) is 25.0 Å². The van der Waals surface area contributed by atoms with Gasteiger partial charge in [-0.3, -0.25) is 0 Å². The quantitative estimate of drug-likeness (QED) is 0.789. The largest absolute Gasteiger partial charge is 0.489 e. The first kappa shape index (κ1) is 10.6. The minimum Gasteiger partial charge on any atom is -0.489 e. The highest BCUT2D eigenvalue weighted by Crippen LogP contribution is 2.32. The maximum Gasteiger partial charge on any atom is 0.147 e. The van der Waals surface area contributed by atoms with Gasteiger partial charge in [-0.25, -0.2) is 4.39 Å². The van der Waals surface area contributed by atoms with E-state index in [9.17, 15) is 4.39 Å². The van der Waals surface area contributed by atoms with Gasteiger partial charge < -0.3 is 10.5 Å². The van der Waals surface area contributed by atoms with Gasteiger partial charge in [-0.1, -0.05) is 11.6 Å². The molecule has 0 bridgehead atoms. The third kappa shape index (κ3) is 2.34. The zero-order chi connectivity index (χ0) is 10.8. The van der Waals surface area contributed by atoms with Crippen molar-refractivity contribution in [3.63, 3.8) is 0 Å². The summed E-state index contributed by atoms with van der Waals surface area (Å²) in [4.78, 5) is 0. The van der Waals surface area contributed by atoms with E-state index in [0.717, 1.165) is 12.8 Å². The molecular weight excluding hydrogens is 217 g/mol. The van der Waals surface area contributed by atoms with Gasteiger partial charge in [0.25, 0.3) is 0 Å². The monoisotopic (exact) mass is 229 g/mol. The molecule has 82 valence electrons. The summed E-state index contributed by atoms with van der Waals surface area (Å²) in [6.07, 6.45) is 4.63. The van der Waals surface area contributed by atoms with E-state index in [-0.39, 0.29) is 16.8 Å². The summed E-state index contributed by atoms with van der Waals surface area (Å²) in [5, 5.41) is 0.286. The van der Waals surface area contributed by atoms with E-state index in [2.05, 4.69) is 0 Å². The molecule has 0 amide bonds. The van der Waals surface area contributed by atoms with E-state index in [0.29, 0.717) is 5.75 Å². The fourth-order valence-corrected chi connectivity index (χ4v) is 2.02. The van der Waals surface area contributed by atoms with Gasteiger partial charge in [-0.2, -0.15) is 0 Å². The molecule has 1 fully saturated rings. The first-order valence-corrected chi connectivity index (χ1v) is 5.46. The van der Waals surface area contributed by atoms with Crippen LogP contribution in [0.2, 0.25) is 5.02 Å². The number of ether oxygens (including phenoxy) is 1. The Morgan fingerprint density at radius 3 is 2.67 bits per heavy atom. The lowest BCUT2D eigenvalue weighted by Gasteiger charge is -2.14. The highest BCUT2D eigenvalue weighted by molar-refractivity contribution is 6.32. The molecule has 0 atom stereocenters. The average Bonchev–Trinajstić information content (AvgIpc) is 2.67. The molecule has 0 unspecified atom stereocenters. The predicted molar refractivity (Wildman–Crippen MR) is 58.7 cm³/mol. The van der Waals surface area contributed by atoms with E-state index >= 15 is 0 Å². The molecule has 2 N–H and O–H groups in total. The number of hydrogen-bond donors (Lipinski definition) is 1. The molecule has 1 aliphatic rings. The van der Waals surface area contributed by atoms with Crippen molar-refractivity contribution in [1.82, 2.24) is 0 Å². The number of rotatable bonds is 2. The Labute approximate surface area is 93.2 Å². The minimum atomic E-state index is -0.501. The molecule has 0 saturated heterocycles. The van der Waals surface area contributed by atoms with Crippen LogP contribution in [-0.2, 0) is 0 Å². The summed E-state index contributed by atoms with van der Waals surface area (Å²) in [7, 11) is 0. The van der Waals surface area contributed by atoms with Gasteiger partial charge in [-0.05, 0) is 31.7 Å². The number of nitrogen functional groups attached to an aromatic ring is 1. The van der Waals surface area contributed by atoms with E-state index in [4.69, 9.17) is 22.1 Å². The number of halogens is 2. The molecule has 1 aliphatic carbocycles. The van der Waals surface area contributed by atoms with Crippen LogP contribution in [0.25, 0.3) is 0 Å². The van der Waals surface area contributed by atoms with Crippen molar-refractivity contribution in [2.75, 3.05) is 5.73 Å². The van der Waals surface area contributed by atoms with Crippen molar-refractivity contribution in [2.45, 2.75) is 31.8 Å². The normalized spacial score (nSPS) is 16.9. The fraction of sp³-hybridized carbons (Fsp3) is 0.455. The van der Waals surface area contributed by atoms with Crippen LogP contribution in [0.5, 0.6) is 5.75 Å². The smallest absolute Gasteiger partial charge is 0.147 e. The lowest BCUT2D eigenvalue weighted by atomic mass is 10.2. The van der Waals surface area contributed by atoms with Crippen LogP contribution in [0.3, 0.4) is 0 Å². The zero-order valence-electron chi connectivity index (χ0n) is 8.30. The molecule has 2 nitrogen and oxygen atoms in total. The molecule has 15 heavy (non-hydrogen) atoms. The van der Waals surface area contributed by atoms with E-state index in [1.807, 2.05) is 0 Å². The second kappa shape index (κ2) is 4.27. The van der Waals surface area contributed by atoms with Crippen LogP contribution in [0, 0.1) is 5.82 Å². The van der Waals surface area contributed by atoms with Crippen LogP contribution in [-0.4, -0.2) is 6.10 Å². The topological polar surface area (TPSA) is 35.2 Å². The molecular formula is C11H13ClFNO. The van der Waals surface area contributed by atoms with Crippen LogP contribution in [0.4, 0.5) is 10.1 Å². The molecule has 0 heterocycles. The predicted octanol–water partition coefficient (Wildman–Crippen LogP) is 3.38. The van der Waals surface area contributed by atoms with Gasteiger partial charge >= 0.3 is 0 Å². The Hall–Kier alpha value is -0.960. The Kier molecular flexibility index (Phi) is 3.00. The Bertz CT molecular complexity index is 364. The Morgan fingerprint density at radius 1 is 1.33 bits per heavy atom. The maximum atomic E-state index is 13.0. The van der Waals surface area contributed by atoms with Crippen molar-refractivity contribution in [2.24, 2.45) is 0 Å². The molecule has 4 heteroatoms. The minimum absolute atomic E-state index is 0.0763. The average molecular weight is 230 g/mol. The first-order valence-electron chi connectivity index (χ1n) is 5.08. The number of benzene rings is 1. The van der Waals surface area contributed by atoms with Gasteiger partial charge in [0, 0.05) is 6.07 Å². The summed E-state index contributed by atoms with van der Waals surface area (Å²) in [5.74, 6) is -0.0127. The highest BCUT2D eigenvalue weighted by Gasteiger charge is 2.18. The van der Waals surface area contributed by atoms with Crippen LogP contribution >= 0.6 is 11.6 Å². The SMILES string of the molecule is Nc1cc(OC2CCCC2)c(Cl)cc1F. The molecule has 2 rings (SSSR count). The third-order valence-electron chi connectivity index (χ3n) is 2.65. The summed E-state index contributed by atoms with van der Waals surface area (Å²) in [6, 6.07) is 2.65. The zero-order valence-corrected chi connectivity index (χ0v) is 9.06. The van der Waals surface area contributed by atoms with Gasteiger partial charge in [0.05, 0.1) is 16.8 Å². The van der Waals surface area contributed by atoms with Gasteiger partial charge in [0.1, 0.15) is 11.6 Å². The summed E-state index contributed by atoms with van der Waals surface area (Å²) >= 11 is 5.86. The van der Waals surface area contributed by atoms with Crippen molar-refractivity contribution in [1.29, 1.82) is 0 Å². The summed E-state index contributed by atoms with van der Waals surface area (Å²) in [6.45, 7) is 0. The summed E-state index contributed by atoms with van der Waals surface area (Å²) in [5.41, 5.74) is 5.53. The van der Waals surface area contributed by atoms with Gasteiger partial charge in [0.2, 0.25) is 0 Å².